The molecule has 0 spiro atoms. The van der Waals surface area contributed by atoms with Gasteiger partial charge < -0.3 is 5.32 Å². The molecule has 0 radical (unpaired) electrons. The number of rotatable bonds is 8. The van der Waals surface area contributed by atoms with Gasteiger partial charge >= 0.3 is 0 Å². The van der Waals surface area contributed by atoms with Crippen molar-refractivity contribution in [3.05, 3.63) is 0 Å². The quantitative estimate of drug-likeness (QED) is 0.671. The third kappa shape index (κ3) is 6.48. The standard InChI is InChI=1S/C12H27NO2S/c1-10(2)12(5)16(14,15)9-7-6-8-13-11(3)4/h10-13H,6-9H2,1-5H3. The van der Waals surface area contributed by atoms with Crippen LogP contribution in [0.15, 0.2) is 0 Å². The van der Waals surface area contributed by atoms with Gasteiger partial charge in [0.05, 0.1) is 11.0 Å². The topological polar surface area (TPSA) is 46.2 Å². The van der Waals surface area contributed by atoms with E-state index in [4.69, 9.17) is 0 Å². The van der Waals surface area contributed by atoms with Crippen molar-refractivity contribution in [2.75, 3.05) is 12.3 Å². The lowest BCUT2D eigenvalue weighted by molar-refractivity contribution is 0.536. The molecule has 1 atom stereocenters. The zero-order valence-electron chi connectivity index (χ0n) is 11.3. The fraction of sp³-hybridized carbons (Fsp3) is 1.00. The van der Waals surface area contributed by atoms with Crippen molar-refractivity contribution in [3.63, 3.8) is 0 Å². The number of unbranched alkanes of at least 4 members (excludes halogenated alkanes) is 1. The molecule has 0 aromatic heterocycles. The molecule has 0 saturated carbocycles. The van der Waals surface area contributed by atoms with Crippen molar-refractivity contribution in [2.45, 2.75) is 58.8 Å². The minimum absolute atomic E-state index is 0.207. The highest BCUT2D eigenvalue weighted by Crippen LogP contribution is 2.13. The fourth-order valence-electron chi connectivity index (χ4n) is 1.42. The van der Waals surface area contributed by atoms with E-state index in [1.54, 1.807) is 0 Å². The van der Waals surface area contributed by atoms with E-state index in [1.165, 1.54) is 0 Å². The summed E-state index contributed by atoms with van der Waals surface area (Å²) in [5.74, 6) is 0.533. The molecule has 0 aromatic rings. The molecule has 0 aliphatic heterocycles. The third-order valence-corrected chi connectivity index (χ3v) is 5.45. The molecule has 3 nitrogen and oxygen atoms in total. The Morgan fingerprint density at radius 2 is 1.56 bits per heavy atom. The molecule has 0 aliphatic carbocycles. The maximum absolute atomic E-state index is 11.8. The number of hydrogen-bond acceptors (Lipinski definition) is 3. The summed E-state index contributed by atoms with van der Waals surface area (Å²) in [5.41, 5.74) is 0. The van der Waals surface area contributed by atoms with Crippen LogP contribution in [0.5, 0.6) is 0 Å². The molecule has 0 amide bonds. The van der Waals surface area contributed by atoms with E-state index in [2.05, 4.69) is 19.2 Å². The molecule has 98 valence electrons. The maximum atomic E-state index is 11.8. The van der Waals surface area contributed by atoms with Gasteiger partial charge in [-0.25, -0.2) is 8.42 Å². The van der Waals surface area contributed by atoms with Gasteiger partial charge in [-0.15, -0.1) is 0 Å². The van der Waals surface area contributed by atoms with Crippen LogP contribution in [0.2, 0.25) is 0 Å². The Bertz CT molecular complexity index is 271. The normalized spacial score (nSPS) is 14.7. The van der Waals surface area contributed by atoms with E-state index in [9.17, 15) is 8.42 Å². The fourth-order valence-corrected chi connectivity index (χ4v) is 3.23. The zero-order chi connectivity index (χ0) is 12.8. The molecule has 0 saturated heterocycles. The summed E-state index contributed by atoms with van der Waals surface area (Å²) in [5, 5.41) is 3.07. The van der Waals surface area contributed by atoms with Crippen LogP contribution in [-0.4, -0.2) is 32.0 Å². The molecule has 0 aromatic carbocycles. The second kappa shape index (κ2) is 7.28. The Kier molecular flexibility index (Phi) is 7.24. The highest BCUT2D eigenvalue weighted by molar-refractivity contribution is 7.92. The van der Waals surface area contributed by atoms with Crippen LogP contribution in [0.3, 0.4) is 0 Å². The predicted octanol–water partition coefficient (Wildman–Crippen LogP) is 2.22. The predicted molar refractivity (Wildman–Crippen MR) is 70.5 cm³/mol. The van der Waals surface area contributed by atoms with Crippen molar-refractivity contribution >= 4 is 9.84 Å². The number of nitrogens with one attached hydrogen (secondary N) is 1. The van der Waals surface area contributed by atoms with Crippen molar-refractivity contribution in [1.29, 1.82) is 0 Å². The highest BCUT2D eigenvalue weighted by Gasteiger charge is 2.22. The van der Waals surface area contributed by atoms with Gasteiger partial charge in [0.1, 0.15) is 0 Å². The molecule has 16 heavy (non-hydrogen) atoms. The summed E-state index contributed by atoms with van der Waals surface area (Å²) in [6, 6.07) is 0.478. The van der Waals surface area contributed by atoms with Crippen molar-refractivity contribution in [3.8, 4) is 0 Å². The van der Waals surface area contributed by atoms with Gasteiger partial charge in [-0.3, -0.25) is 0 Å². The SMILES string of the molecule is CC(C)NCCCCS(=O)(=O)C(C)C(C)C. The Morgan fingerprint density at radius 1 is 1.00 bits per heavy atom. The first-order valence-electron chi connectivity index (χ1n) is 6.22. The van der Waals surface area contributed by atoms with Gasteiger partial charge in [-0.1, -0.05) is 27.7 Å². The molecule has 0 heterocycles. The minimum Gasteiger partial charge on any atom is -0.315 e. The van der Waals surface area contributed by atoms with E-state index in [0.29, 0.717) is 11.8 Å². The van der Waals surface area contributed by atoms with E-state index < -0.39 is 9.84 Å². The zero-order valence-corrected chi connectivity index (χ0v) is 12.1. The van der Waals surface area contributed by atoms with Crippen LogP contribution >= 0.6 is 0 Å². The number of hydrogen-bond donors (Lipinski definition) is 1. The van der Waals surface area contributed by atoms with E-state index in [-0.39, 0.29) is 11.2 Å². The van der Waals surface area contributed by atoms with Crippen LogP contribution < -0.4 is 5.32 Å². The van der Waals surface area contributed by atoms with Crippen LogP contribution in [0.1, 0.15) is 47.5 Å². The summed E-state index contributed by atoms with van der Waals surface area (Å²) in [6.07, 6.45) is 1.70. The van der Waals surface area contributed by atoms with Crippen LogP contribution in [0.4, 0.5) is 0 Å². The van der Waals surface area contributed by atoms with Crippen molar-refractivity contribution in [2.24, 2.45) is 5.92 Å². The molecule has 0 bridgehead atoms. The van der Waals surface area contributed by atoms with Gasteiger partial charge in [-0.05, 0) is 32.2 Å². The Labute approximate surface area is 101 Å². The summed E-state index contributed by atoms with van der Waals surface area (Å²) in [7, 11) is -2.89. The van der Waals surface area contributed by atoms with Crippen molar-refractivity contribution in [1.82, 2.24) is 5.32 Å². The lowest BCUT2D eigenvalue weighted by atomic mass is 10.2. The van der Waals surface area contributed by atoms with Crippen LogP contribution in [-0.2, 0) is 9.84 Å². The molecule has 0 rings (SSSR count). The molecular weight excluding hydrogens is 222 g/mol. The van der Waals surface area contributed by atoms with Crippen molar-refractivity contribution < 1.29 is 8.42 Å². The van der Waals surface area contributed by atoms with E-state index in [1.807, 2.05) is 20.8 Å². The second-order valence-electron chi connectivity index (χ2n) is 5.13. The van der Waals surface area contributed by atoms with Gasteiger partial charge in [0, 0.05) is 6.04 Å². The van der Waals surface area contributed by atoms with E-state index >= 15 is 0 Å². The Balaban J connectivity index is 3.84. The molecular formula is C12H27NO2S. The first-order chi connectivity index (χ1) is 7.27. The highest BCUT2D eigenvalue weighted by atomic mass is 32.2. The Hall–Kier alpha value is -0.0900. The summed E-state index contributed by atoms with van der Waals surface area (Å²) < 4.78 is 23.7. The molecule has 1 unspecified atom stereocenters. The molecule has 0 fully saturated rings. The molecule has 4 heteroatoms. The van der Waals surface area contributed by atoms with Crippen LogP contribution in [0.25, 0.3) is 0 Å². The van der Waals surface area contributed by atoms with Gasteiger partial charge in [0.2, 0.25) is 0 Å². The maximum Gasteiger partial charge on any atom is 0.153 e. The molecule has 1 N–H and O–H groups in total. The molecule has 0 aliphatic rings. The van der Waals surface area contributed by atoms with Crippen LogP contribution in [0, 0.1) is 5.92 Å². The summed E-state index contributed by atoms with van der Waals surface area (Å²) in [6.45, 7) is 10.8. The Morgan fingerprint density at radius 3 is 2.00 bits per heavy atom. The average molecular weight is 249 g/mol. The van der Waals surface area contributed by atoms with Gasteiger partial charge in [0.15, 0.2) is 9.84 Å². The second-order valence-corrected chi connectivity index (χ2v) is 7.61. The third-order valence-electron chi connectivity index (χ3n) is 2.91. The van der Waals surface area contributed by atoms with Gasteiger partial charge in [-0.2, -0.15) is 0 Å². The lowest BCUT2D eigenvalue weighted by Crippen LogP contribution is -2.27. The average Bonchev–Trinajstić information content (AvgIpc) is 2.15. The first-order valence-corrected chi connectivity index (χ1v) is 7.94. The van der Waals surface area contributed by atoms with Gasteiger partial charge in [0.25, 0.3) is 0 Å². The van der Waals surface area contributed by atoms with E-state index in [0.717, 1.165) is 19.4 Å². The summed E-state index contributed by atoms with van der Waals surface area (Å²) in [4.78, 5) is 0. The lowest BCUT2D eigenvalue weighted by Gasteiger charge is -2.16. The minimum atomic E-state index is -2.89. The number of sulfone groups is 1. The summed E-state index contributed by atoms with van der Waals surface area (Å²) >= 11 is 0. The smallest absolute Gasteiger partial charge is 0.153 e. The first kappa shape index (κ1) is 15.9. The monoisotopic (exact) mass is 249 g/mol. The largest absolute Gasteiger partial charge is 0.315 e.